The van der Waals surface area contributed by atoms with E-state index in [2.05, 4.69) is 0 Å². The minimum atomic E-state index is -0.667. The van der Waals surface area contributed by atoms with Crippen molar-refractivity contribution >= 4 is 11.3 Å². The van der Waals surface area contributed by atoms with Crippen LogP contribution in [0, 0.1) is 17.7 Å². The second-order valence-corrected chi connectivity index (χ2v) is 4.63. The van der Waals surface area contributed by atoms with Crippen LogP contribution in [0.1, 0.15) is 31.8 Å². The maximum absolute atomic E-state index is 13.1. The van der Waals surface area contributed by atoms with Gasteiger partial charge in [-0.2, -0.15) is 0 Å². The molecular formula is C10H15FOS. The molecule has 1 heterocycles. The molecule has 0 aliphatic rings. The van der Waals surface area contributed by atoms with E-state index in [0.717, 1.165) is 0 Å². The molecule has 74 valence electrons. The van der Waals surface area contributed by atoms with Crippen molar-refractivity contribution in [3.63, 3.8) is 0 Å². The third kappa shape index (κ3) is 2.29. The summed E-state index contributed by atoms with van der Waals surface area (Å²) in [6.45, 7) is 5.99. The molecule has 2 unspecified atom stereocenters. The molecule has 3 heteroatoms. The molecule has 1 nitrogen and oxygen atoms in total. The Morgan fingerprint density at radius 2 is 2.00 bits per heavy atom. The van der Waals surface area contributed by atoms with Gasteiger partial charge in [0.25, 0.3) is 0 Å². The van der Waals surface area contributed by atoms with Gasteiger partial charge in [-0.25, -0.2) is 4.39 Å². The molecule has 0 saturated carbocycles. The van der Waals surface area contributed by atoms with Crippen molar-refractivity contribution in [3.8, 4) is 0 Å². The Morgan fingerprint density at radius 1 is 1.38 bits per heavy atom. The van der Waals surface area contributed by atoms with Gasteiger partial charge >= 0.3 is 0 Å². The number of hydrogen-bond acceptors (Lipinski definition) is 2. The highest BCUT2D eigenvalue weighted by atomic mass is 32.1. The van der Waals surface area contributed by atoms with Crippen LogP contribution in [0.25, 0.3) is 0 Å². The van der Waals surface area contributed by atoms with Crippen LogP contribution in [0.15, 0.2) is 11.4 Å². The summed E-state index contributed by atoms with van der Waals surface area (Å²) < 4.78 is 13.1. The Morgan fingerprint density at radius 3 is 2.38 bits per heavy atom. The maximum atomic E-state index is 13.1. The standard InChI is InChI=1S/C10H15FOS/c1-6(2)7(3)9(12)10-8(11)4-5-13-10/h4-7,9,12H,1-3H3. The number of thiophene rings is 1. The van der Waals surface area contributed by atoms with Gasteiger partial charge < -0.3 is 5.11 Å². The first kappa shape index (κ1) is 10.7. The first-order valence-electron chi connectivity index (χ1n) is 4.45. The Balaban J connectivity index is 2.79. The number of halogens is 1. The molecule has 2 atom stereocenters. The molecule has 0 fully saturated rings. The molecule has 1 aromatic heterocycles. The maximum Gasteiger partial charge on any atom is 0.139 e. The van der Waals surface area contributed by atoms with Gasteiger partial charge in [0.15, 0.2) is 0 Å². The van der Waals surface area contributed by atoms with Crippen molar-refractivity contribution in [2.45, 2.75) is 26.9 Å². The molecule has 0 spiro atoms. The Bertz CT molecular complexity index is 270. The van der Waals surface area contributed by atoms with Crippen LogP contribution in [0.2, 0.25) is 0 Å². The lowest BCUT2D eigenvalue weighted by Crippen LogP contribution is -2.14. The summed E-state index contributed by atoms with van der Waals surface area (Å²) in [7, 11) is 0. The molecule has 0 aliphatic heterocycles. The van der Waals surface area contributed by atoms with E-state index < -0.39 is 6.10 Å². The first-order valence-corrected chi connectivity index (χ1v) is 5.33. The molecule has 1 aromatic rings. The number of rotatable bonds is 3. The highest BCUT2D eigenvalue weighted by molar-refractivity contribution is 7.10. The van der Waals surface area contributed by atoms with Gasteiger partial charge in [-0.3, -0.25) is 0 Å². The van der Waals surface area contributed by atoms with E-state index in [9.17, 15) is 9.50 Å². The van der Waals surface area contributed by atoms with Crippen molar-refractivity contribution in [2.24, 2.45) is 11.8 Å². The van der Waals surface area contributed by atoms with Crippen molar-refractivity contribution < 1.29 is 9.50 Å². The fourth-order valence-electron chi connectivity index (χ4n) is 1.12. The van der Waals surface area contributed by atoms with E-state index in [1.165, 1.54) is 17.4 Å². The summed E-state index contributed by atoms with van der Waals surface area (Å²) in [6.07, 6.45) is -0.667. The topological polar surface area (TPSA) is 20.2 Å². The minimum absolute atomic E-state index is 0.0909. The highest BCUT2D eigenvalue weighted by Gasteiger charge is 2.23. The van der Waals surface area contributed by atoms with Crippen LogP contribution in [-0.4, -0.2) is 5.11 Å². The molecule has 0 aliphatic carbocycles. The summed E-state index contributed by atoms with van der Waals surface area (Å²) in [4.78, 5) is 0.459. The normalized spacial score (nSPS) is 16.2. The van der Waals surface area contributed by atoms with E-state index in [4.69, 9.17) is 0 Å². The minimum Gasteiger partial charge on any atom is -0.387 e. The fraction of sp³-hybridized carbons (Fsp3) is 0.600. The van der Waals surface area contributed by atoms with Crippen molar-refractivity contribution in [2.75, 3.05) is 0 Å². The predicted octanol–water partition coefficient (Wildman–Crippen LogP) is 3.21. The van der Waals surface area contributed by atoms with Crippen LogP contribution in [0.3, 0.4) is 0 Å². The summed E-state index contributed by atoms with van der Waals surface area (Å²) in [6, 6.07) is 1.40. The predicted molar refractivity (Wildman–Crippen MR) is 53.2 cm³/mol. The van der Waals surface area contributed by atoms with Gasteiger partial charge in [-0.05, 0) is 23.3 Å². The largest absolute Gasteiger partial charge is 0.387 e. The Labute approximate surface area is 82.2 Å². The van der Waals surface area contributed by atoms with Gasteiger partial charge in [0.2, 0.25) is 0 Å². The van der Waals surface area contributed by atoms with Gasteiger partial charge in [0.05, 0.1) is 11.0 Å². The van der Waals surface area contributed by atoms with E-state index in [1.807, 2.05) is 20.8 Å². The Kier molecular flexibility index (Phi) is 3.45. The molecule has 0 bridgehead atoms. The van der Waals surface area contributed by atoms with Crippen molar-refractivity contribution in [1.29, 1.82) is 0 Å². The van der Waals surface area contributed by atoms with Crippen LogP contribution in [-0.2, 0) is 0 Å². The summed E-state index contributed by atoms with van der Waals surface area (Å²) in [5.41, 5.74) is 0. The summed E-state index contributed by atoms with van der Waals surface area (Å²) in [5, 5.41) is 11.5. The lowest BCUT2D eigenvalue weighted by Gasteiger charge is -2.21. The number of aliphatic hydroxyl groups is 1. The molecule has 0 amide bonds. The average molecular weight is 202 g/mol. The fourth-order valence-corrected chi connectivity index (χ4v) is 1.99. The van der Waals surface area contributed by atoms with E-state index in [-0.39, 0.29) is 11.7 Å². The number of aliphatic hydroxyl groups excluding tert-OH is 1. The van der Waals surface area contributed by atoms with E-state index in [1.54, 1.807) is 5.38 Å². The SMILES string of the molecule is CC(C)C(C)C(O)c1sccc1F. The average Bonchev–Trinajstić information content (AvgIpc) is 2.48. The van der Waals surface area contributed by atoms with E-state index in [0.29, 0.717) is 10.8 Å². The smallest absolute Gasteiger partial charge is 0.139 e. The third-order valence-corrected chi connectivity index (χ3v) is 3.43. The van der Waals surface area contributed by atoms with Crippen LogP contribution < -0.4 is 0 Å². The second kappa shape index (κ2) is 4.20. The number of hydrogen-bond donors (Lipinski definition) is 1. The molecule has 1 N–H and O–H groups in total. The zero-order valence-electron chi connectivity index (χ0n) is 8.12. The zero-order valence-corrected chi connectivity index (χ0v) is 8.94. The van der Waals surface area contributed by atoms with Gasteiger partial charge in [-0.15, -0.1) is 11.3 Å². The molecule has 1 rings (SSSR count). The van der Waals surface area contributed by atoms with Gasteiger partial charge in [0, 0.05) is 0 Å². The van der Waals surface area contributed by atoms with Crippen LogP contribution in [0.5, 0.6) is 0 Å². The van der Waals surface area contributed by atoms with Crippen LogP contribution in [0.4, 0.5) is 4.39 Å². The molecule has 13 heavy (non-hydrogen) atoms. The summed E-state index contributed by atoms with van der Waals surface area (Å²) in [5.74, 6) is 0.162. The second-order valence-electron chi connectivity index (χ2n) is 3.68. The van der Waals surface area contributed by atoms with Crippen LogP contribution >= 0.6 is 11.3 Å². The first-order chi connectivity index (χ1) is 6.04. The highest BCUT2D eigenvalue weighted by Crippen LogP contribution is 2.32. The third-order valence-electron chi connectivity index (χ3n) is 2.46. The van der Waals surface area contributed by atoms with E-state index >= 15 is 0 Å². The van der Waals surface area contributed by atoms with Gasteiger partial charge in [0.1, 0.15) is 5.82 Å². The quantitative estimate of drug-likeness (QED) is 0.798. The molecule has 0 radical (unpaired) electrons. The molecule has 0 saturated heterocycles. The Hall–Kier alpha value is -0.410. The monoisotopic (exact) mass is 202 g/mol. The lowest BCUT2D eigenvalue weighted by molar-refractivity contribution is 0.0922. The van der Waals surface area contributed by atoms with Crippen molar-refractivity contribution in [3.05, 3.63) is 22.1 Å². The zero-order chi connectivity index (χ0) is 10.0. The lowest BCUT2D eigenvalue weighted by atomic mass is 9.91. The molecular weight excluding hydrogens is 187 g/mol. The van der Waals surface area contributed by atoms with Gasteiger partial charge in [-0.1, -0.05) is 20.8 Å². The van der Waals surface area contributed by atoms with Crippen molar-refractivity contribution in [1.82, 2.24) is 0 Å². The summed E-state index contributed by atoms with van der Waals surface area (Å²) >= 11 is 1.28. The molecule has 0 aromatic carbocycles.